The average Bonchev–Trinajstić information content (AvgIpc) is 2.41. The Hall–Kier alpha value is -2.21. The summed E-state index contributed by atoms with van der Waals surface area (Å²) < 4.78 is 6.19. The third kappa shape index (κ3) is 3.03. The zero-order chi connectivity index (χ0) is 14.7. The lowest BCUT2D eigenvalue weighted by atomic mass is 10.1. The quantitative estimate of drug-likeness (QED) is 0.473. The fourth-order valence-electron chi connectivity index (χ4n) is 1.65. The first-order valence-electron chi connectivity index (χ1n) is 5.71. The van der Waals surface area contributed by atoms with E-state index in [1.807, 2.05) is 0 Å². The number of benzene rings is 2. The molecule has 0 atom stereocenters. The normalized spacial score (nSPS) is 10.1. The maximum Gasteiger partial charge on any atom is 0.273 e. The molecule has 2 rings (SSSR count). The first-order chi connectivity index (χ1) is 9.49. The number of non-ortho nitro benzene ring substituents is 1. The standard InChI is InChI=1S/C14H10BrNO4/c1-9(17)11-4-2-3-5-13(11)20-14-8-10(16(18)19)6-7-12(14)15/h2-8H,1H3. The van der Waals surface area contributed by atoms with Gasteiger partial charge in [-0.1, -0.05) is 12.1 Å². The van der Waals surface area contributed by atoms with Crippen molar-refractivity contribution < 1.29 is 14.5 Å². The average molecular weight is 336 g/mol. The molecule has 0 N–H and O–H groups in total. The minimum Gasteiger partial charge on any atom is -0.455 e. The van der Waals surface area contributed by atoms with Crippen LogP contribution >= 0.6 is 15.9 Å². The highest BCUT2D eigenvalue weighted by Gasteiger charge is 2.14. The first kappa shape index (κ1) is 14.2. The molecule has 0 bridgehead atoms. The molecule has 0 aliphatic rings. The van der Waals surface area contributed by atoms with Crippen molar-refractivity contribution in [2.75, 3.05) is 0 Å². The molecule has 0 fully saturated rings. The second-order valence-corrected chi connectivity index (χ2v) is 4.88. The molecule has 102 valence electrons. The number of nitrogens with zero attached hydrogens (tertiary/aromatic N) is 1. The Bertz CT molecular complexity index is 685. The van der Waals surface area contributed by atoms with Crippen LogP contribution in [0.1, 0.15) is 17.3 Å². The van der Waals surface area contributed by atoms with Gasteiger partial charge in [-0.05, 0) is 41.1 Å². The van der Waals surface area contributed by atoms with Crippen LogP contribution in [0.4, 0.5) is 5.69 Å². The molecule has 2 aromatic carbocycles. The van der Waals surface area contributed by atoms with E-state index < -0.39 is 4.92 Å². The number of ketones is 1. The van der Waals surface area contributed by atoms with Gasteiger partial charge in [0.1, 0.15) is 11.5 Å². The molecule has 0 aliphatic heterocycles. The van der Waals surface area contributed by atoms with E-state index in [1.165, 1.54) is 25.1 Å². The Balaban J connectivity index is 2.42. The third-order valence-corrected chi connectivity index (χ3v) is 3.27. The summed E-state index contributed by atoms with van der Waals surface area (Å²) in [6, 6.07) is 10.9. The van der Waals surface area contributed by atoms with Gasteiger partial charge < -0.3 is 4.74 Å². The molecule has 0 aromatic heterocycles. The van der Waals surface area contributed by atoms with Crippen molar-refractivity contribution in [1.82, 2.24) is 0 Å². The van der Waals surface area contributed by atoms with Crippen LogP contribution in [0.2, 0.25) is 0 Å². The minimum absolute atomic E-state index is 0.0801. The van der Waals surface area contributed by atoms with Gasteiger partial charge >= 0.3 is 0 Å². The number of halogens is 1. The van der Waals surface area contributed by atoms with E-state index in [4.69, 9.17) is 4.74 Å². The molecular formula is C14H10BrNO4. The Morgan fingerprint density at radius 2 is 1.90 bits per heavy atom. The molecule has 0 radical (unpaired) electrons. The van der Waals surface area contributed by atoms with Gasteiger partial charge in [-0.25, -0.2) is 0 Å². The number of hydrogen-bond donors (Lipinski definition) is 0. The fourth-order valence-corrected chi connectivity index (χ4v) is 1.98. The highest BCUT2D eigenvalue weighted by molar-refractivity contribution is 9.10. The van der Waals surface area contributed by atoms with E-state index in [0.29, 0.717) is 15.8 Å². The Morgan fingerprint density at radius 1 is 1.20 bits per heavy atom. The summed E-state index contributed by atoms with van der Waals surface area (Å²) in [7, 11) is 0. The molecule has 0 heterocycles. The zero-order valence-electron chi connectivity index (χ0n) is 10.5. The summed E-state index contributed by atoms with van der Waals surface area (Å²) >= 11 is 3.27. The molecule has 0 saturated carbocycles. The van der Waals surface area contributed by atoms with Gasteiger partial charge in [0.15, 0.2) is 5.78 Å². The van der Waals surface area contributed by atoms with Crippen molar-refractivity contribution in [2.24, 2.45) is 0 Å². The Morgan fingerprint density at radius 3 is 2.55 bits per heavy atom. The van der Waals surface area contributed by atoms with E-state index in [2.05, 4.69) is 15.9 Å². The number of rotatable bonds is 4. The maximum atomic E-state index is 11.5. The van der Waals surface area contributed by atoms with Gasteiger partial charge in [0.25, 0.3) is 5.69 Å². The van der Waals surface area contributed by atoms with Crippen molar-refractivity contribution in [3.63, 3.8) is 0 Å². The topological polar surface area (TPSA) is 69.4 Å². The number of hydrogen-bond acceptors (Lipinski definition) is 4. The molecule has 0 saturated heterocycles. The minimum atomic E-state index is -0.504. The van der Waals surface area contributed by atoms with Crippen molar-refractivity contribution in [1.29, 1.82) is 0 Å². The molecule has 0 amide bonds. The second-order valence-electron chi connectivity index (χ2n) is 4.03. The van der Waals surface area contributed by atoms with Crippen LogP contribution in [-0.4, -0.2) is 10.7 Å². The van der Waals surface area contributed by atoms with Crippen molar-refractivity contribution in [3.05, 3.63) is 62.6 Å². The number of para-hydroxylation sites is 1. The van der Waals surface area contributed by atoms with Gasteiger partial charge in [-0.2, -0.15) is 0 Å². The summed E-state index contributed by atoms with van der Waals surface area (Å²) in [5.41, 5.74) is 0.342. The smallest absolute Gasteiger partial charge is 0.273 e. The van der Waals surface area contributed by atoms with E-state index in [9.17, 15) is 14.9 Å². The van der Waals surface area contributed by atoms with Crippen LogP contribution in [0.5, 0.6) is 11.5 Å². The van der Waals surface area contributed by atoms with Crippen molar-refractivity contribution in [3.8, 4) is 11.5 Å². The highest BCUT2D eigenvalue weighted by atomic mass is 79.9. The Kier molecular flexibility index (Phi) is 4.14. The highest BCUT2D eigenvalue weighted by Crippen LogP contribution is 2.34. The van der Waals surface area contributed by atoms with Crippen LogP contribution in [0.15, 0.2) is 46.9 Å². The van der Waals surface area contributed by atoms with E-state index in [0.717, 1.165) is 0 Å². The lowest BCUT2D eigenvalue weighted by Crippen LogP contribution is -1.97. The van der Waals surface area contributed by atoms with Crippen LogP contribution in [0.3, 0.4) is 0 Å². The number of carbonyl (C=O) groups is 1. The molecule has 5 nitrogen and oxygen atoms in total. The largest absolute Gasteiger partial charge is 0.455 e. The molecule has 0 spiro atoms. The predicted octanol–water partition coefficient (Wildman–Crippen LogP) is 4.35. The maximum absolute atomic E-state index is 11.5. The summed E-state index contributed by atoms with van der Waals surface area (Å²) in [6.07, 6.45) is 0. The summed E-state index contributed by atoms with van der Waals surface area (Å²) in [5, 5.41) is 10.8. The zero-order valence-corrected chi connectivity index (χ0v) is 12.1. The van der Waals surface area contributed by atoms with E-state index in [-0.39, 0.29) is 17.2 Å². The lowest BCUT2D eigenvalue weighted by molar-refractivity contribution is -0.384. The summed E-state index contributed by atoms with van der Waals surface area (Å²) in [5.74, 6) is 0.510. The van der Waals surface area contributed by atoms with Gasteiger partial charge in [0, 0.05) is 6.07 Å². The number of ether oxygens (including phenoxy) is 1. The Labute approximate surface area is 123 Å². The molecule has 0 unspecified atom stereocenters. The van der Waals surface area contributed by atoms with Gasteiger partial charge in [0.05, 0.1) is 21.0 Å². The lowest BCUT2D eigenvalue weighted by Gasteiger charge is -2.10. The monoisotopic (exact) mass is 335 g/mol. The van der Waals surface area contributed by atoms with Gasteiger partial charge in [0.2, 0.25) is 0 Å². The fraction of sp³-hybridized carbons (Fsp3) is 0.0714. The van der Waals surface area contributed by atoms with Crippen LogP contribution < -0.4 is 4.74 Å². The number of Topliss-reactive ketones (excluding diaryl/α,β-unsaturated/α-hetero) is 1. The van der Waals surface area contributed by atoms with E-state index >= 15 is 0 Å². The molecule has 6 heteroatoms. The van der Waals surface area contributed by atoms with Crippen LogP contribution in [-0.2, 0) is 0 Å². The first-order valence-corrected chi connectivity index (χ1v) is 6.50. The van der Waals surface area contributed by atoms with Gasteiger partial charge in [-0.3, -0.25) is 14.9 Å². The number of nitro benzene ring substituents is 1. The van der Waals surface area contributed by atoms with Gasteiger partial charge in [-0.15, -0.1) is 0 Å². The summed E-state index contributed by atoms with van der Waals surface area (Å²) in [4.78, 5) is 21.8. The molecule has 2 aromatic rings. The van der Waals surface area contributed by atoms with Crippen molar-refractivity contribution >= 4 is 27.4 Å². The van der Waals surface area contributed by atoms with Crippen LogP contribution in [0, 0.1) is 10.1 Å². The second kappa shape index (κ2) is 5.83. The number of nitro groups is 1. The summed E-state index contributed by atoms with van der Waals surface area (Å²) in [6.45, 7) is 1.44. The number of carbonyl (C=O) groups excluding carboxylic acids is 1. The van der Waals surface area contributed by atoms with Crippen molar-refractivity contribution in [2.45, 2.75) is 6.92 Å². The molecule has 20 heavy (non-hydrogen) atoms. The third-order valence-electron chi connectivity index (χ3n) is 2.61. The SMILES string of the molecule is CC(=O)c1ccccc1Oc1cc([N+](=O)[O-])ccc1Br. The predicted molar refractivity (Wildman–Crippen MR) is 77.3 cm³/mol. The van der Waals surface area contributed by atoms with Crippen LogP contribution in [0.25, 0.3) is 0 Å². The molecular weight excluding hydrogens is 326 g/mol. The molecule has 0 aliphatic carbocycles. The van der Waals surface area contributed by atoms with E-state index in [1.54, 1.807) is 24.3 Å².